The van der Waals surface area contributed by atoms with E-state index < -0.39 is 12.8 Å². The summed E-state index contributed by atoms with van der Waals surface area (Å²) in [5.41, 5.74) is 1.54. The molecule has 1 aromatic heterocycles. The van der Waals surface area contributed by atoms with E-state index in [1.807, 2.05) is 12.1 Å². The second-order valence-electron chi connectivity index (χ2n) is 6.25. The summed E-state index contributed by atoms with van der Waals surface area (Å²) in [5.74, 6) is 1.82. The molecule has 0 radical (unpaired) electrons. The summed E-state index contributed by atoms with van der Waals surface area (Å²) in [4.78, 5) is 4.16. The van der Waals surface area contributed by atoms with E-state index in [1.165, 1.54) is 0 Å². The Bertz CT molecular complexity index is 681. The molecule has 0 amide bonds. The first-order valence-electron chi connectivity index (χ1n) is 7.43. The summed E-state index contributed by atoms with van der Waals surface area (Å²) in [5, 5.41) is 0.826. The first-order chi connectivity index (χ1) is 10.3. The van der Waals surface area contributed by atoms with Crippen LogP contribution in [-0.2, 0) is 0 Å². The maximum Gasteiger partial charge on any atom is 0.422 e. The van der Waals surface area contributed by atoms with E-state index >= 15 is 0 Å². The van der Waals surface area contributed by atoms with Gasteiger partial charge in [0.1, 0.15) is 11.3 Å². The average molecular weight is 309 g/mol. The van der Waals surface area contributed by atoms with Gasteiger partial charge in [0.15, 0.2) is 6.61 Å². The molecule has 0 saturated heterocycles. The fraction of sp³-hybridized carbons (Fsp3) is 0.471. The van der Waals surface area contributed by atoms with Crippen LogP contribution in [0.3, 0.4) is 0 Å². The molecule has 2 aromatic rings. The number of benzene rings is 1. The van der Waals surface area contributed by atoms with E-state index in [0.29, 0.717) is 23.3 Å². The van der Waals surface area contributed by atoms with Crippen molar-refractivity contribution in [1.29, 1.82) is 0 Å². The maximum absolute atomic E-state index is 12.4. The molecule has 1 aliphatic rings. The van der Waals surface area contributed by atoms with E-state index in [4.69, 9.17) is 4.74 Å². The minimum Gasteiger partial charge on any atom is -0.482 e. The Hall–Kier alpha value is -1.78. The highest BCUT2D eigenvalue weighted by molar-refractivity contribution is 5.85. The molecule has 1 aliphatic carbocycles. The zero-order valence-corrected chi connectivity index (χ0v) is 12.5. The molecule has 1 saturated carbocycles. The summed E-state index contributed by atoms with van der Waals surface area (Å²) in [6.07, 6.45) is -1.70. The zero-order chi connectivity index (χ0) is 15.9. The Labute approximate surface area is 127 Å². The van der Waals surface area contributed by atoms with Crippen molar-refractivity contribution in [2.45, 2.75) is 32.4 Å². The predicted octanol–water partition coefficient (Wildman–Crippen LogP) is 4.94. The topological polar surface area (TPSA) is 22.1 Å². The van der Waals surface area contributed by atoms with Gasteiger partial charge in [-0.2, -0.15) is 13.2 Å². The lowest BCUT2D eigenvalue weighted by Gasteiger charge is -2.13. The number of ether oxygens (including phenoxy) is 1. The Morgan fingerprint density at radius 2 is 2.09 bits per heavy atom. The number of alkyl halides is 3. The number of halogens is 3. The lowest BCUT2D eigenvalue weighted by molar-refractivity contribution is -0.153. The van der Waals surface area contributed by atoms with Gasteiger partial charge in [0.2, 0.25) is 0 Å². The van der Waals surface area contributed by atoms with Crippen molar-refractivity contribution in [3.8, 4) is 5.75 Å². The standard InChI is InChI=1S/C17H18F3NO/c1-10(2)13-8-14(13)12-6-11-4-3-5-21-16(11)15(7-12)22-9-17(18,19)20/h3-7,10,13-14H,8-9H2,1-2H3/t13-,14-/m1/s1. The van der Waals surface area contributed by atoms with Gasteiger partial charge in [0, 0.05) is 11.6 Å². The third-order valence-electron chi connectivity index (χ3n) is 4.21. The second-order valence-corrected chi connectivity index (χ2v) is 6.25. The average Bonchev–Trinajstić information content (AvgIpc) is 3.24. The molecule has 118 valence electrons. The SMILES string of the molecule is CC(C)[C@H]1C[C@@H]1c1cc(OCC(F)(F)F)c2ncccc2c1. The van der Waals surface area contributed by atoms with Gasteiger partial charge >= 0.3 is 6.18 Å². The van der Waals surface area contributed by atoms with Gasteiger partial charge in [-0.25, -0.2) is 0 Å². The van der Waals surface area contributed by atoms with Gasteiger partial charge in [0.25, 0.3) is 0 Å². The molecule has 0 unspecified atom stereocenters. The van der Waals surface area contributed by atoms with Crippen molar-refractivity contribution in [3.63, 3.8) is 0 Å². The van der Waals surface area contributed by atoms with Crippen LogP contribution >= 0.6 is 0 Å². The summed E-state index contributed by atoms with van der Waals surface area (Å²) in [6, 6.07) is 7.40. The van der Waals surface area contributed by atoms with Crippen molar-refractivity contribution in [1.82, 2.24) is 4.98 Å². The van der Waals surface area contributed by atoms with Crippen LogP contribution in [0.1, 0.15) is 31.7 Å². The Morgan fingerprint density at radius 1 is 1.32 bits per heavy atom. The summed E-state index contributed by atoms with van der Waals surface area (Å²) >= 11 is 0. The molecular weight excluding hydrogens is 291 g/mol. The van der Waals surface area contributed by atoms with E-state index in [-0.39, 0.29) is 5.75 Å². The fourth-order valence-corrected chi connectivity index (χ4v) is 3.00. The number of aromatic nitrogens is 1. The minimum atomic E-state index is -4.35. The molecule has 2 nitrogen and oxygen atoms in total. The third kappa shape index (κ3) is 3.18. The smallest absolute Gasteiger partial charge is 0.422 e. The third-order valence-corrected chi connectivity index (χ3v) is 4.21. The van der Waals surface area contributed by atoms with Gasteiger partial charge in [-0.1, -0.05) is 19.9 Å². The van der Waals surface area contributed by atoms with E-state index in [1.54, 1.807) is 18.3 Å². The molecule has 1 aromatic carbocycles. The van der Waals surface area contributed by atoms with Crippen LogP contribution in [0.25, 0.3) is 10.9 Å². The fourth-order valence-electron chi connectivity index (χ4n) is 3.00. The Morgan fingerprint density at radius 3 is 2.73 bits per heavy atom. The molecule has 0 aliphatic heterocycles. The van der Waals surface area contributed by atoms with Crippen LogP contribution in [0, 0.1) is 11.8 Å². The number of hydrogen-bond donors (Lipinski definition) is 0. The molecule has 5 heteroatoms. The lowest BCUT2D eigenvalue weighted by Crippen LogP contribution is -2.19. The summed E-state index contributed by atoms with van der Waals surface area (Å²) in [6.45, 7) is 3.06. The molecule has 3 rings (SSSR count). The summed E-state index contributed by atoms with van der Waals surface area (Å²) in [7, 11) is 0. The largest absolute Gasteiger partial charge is 0.482 e. The molecule has 22 heavy (non-hydrogen) atoms. The monoisotopic (exact) mass is 309 g/mol. The normalized spacial score (nSPS) is 21.4. The van der Waals surface area contributed by atoms with Gasteiger partial charge in [-0.05, 0) is 47.9 Å². The van der Waals surface area contributed by atoms with Gasteiger partial charge in [-0.3, -0.25) is 4.98 Å². The van der Waals surface area contributed by atoms with Gasteiger partial charge in [0.05, 0.1) is 0 Å². The highest BCUT2D eigenvalue weighted by Crippen LogP contribution is 2.52. The van der Waals surface area contributed by atoms with Crippen molar-refractivity contribution in [2.75, 3.05) is 6.61 Å². The zero-order valence-electron chi connectivity index (χ0n) is 12.5. The predicted molar refractivity (Wildman–Crippen MR) is 79.0 cm³/mol. The van der Waals surface area contributed by atoms with Crippen molar-refractivity contribution < 1.29 is 17.9 Å². The van der Waals surface area contributed by atoms with Crippen LogP contribution in [0.2, 0.25) is 0 Å². The quantitative estimate of drug-likeness (QED) is 0.798. The highest BCUT2D eigenvalue weighted by atomic mass is 19.4. The Kier molecular flexibility index (Phi) is 3.75. The maximum atomic E-state index is 12.4. The number of fused-ring (bicyclic) bond motifs is 1. The number of nitrogens with zero attached hydrogens (tertiary/aromatic N) is 1. The van der Waals surface area contributed by atoms with E-state index in [0.717, 1.165) is 17.4 Å². The Balaban J connectivity index is 1.94. The van der Waals surface area contributed by atoms with Crippen molar-refractivity contribution >= 4 is 10.9 Å². The van der Waals surface area contributed by atoms with Gasteiger partial charge in [-0.15, -0.1) is 0 Å². The van der Waals surface area contributed by atoms with Crippen molar-refractivity contribution in [2.24, 2.45) is 11.8 Å². The molecule has 0 bridgehead atoms. The van der Waals surface area contributed by atoms with Crippen LogP contribution in [-0.4, -0.2) is 17.8 Å². The number of rotatable bonds is 4. The first-order valence-corrected chi connectivity index (χ1v) is 7.43. The first kappa shape index (κ1) is 15.1. The number of hydrogen-bond acceptors (Lipinski definition) is 2. The van der Waals surface area contributed by atoms with Crippen LogP contribution < -0.4 is 4.74 Å². The minimum absolute atomic E-state index is 0.222. The lowest BCUT2D eigenvalue weighted by atomic mass is 10.0. The molecular formula is C17H18F3NO. The van der Waals surface area contributed by atoms with Crippen LogP contribution in [0.5, 0.6) is 5.75 Å². The second kappa shape index (κ2) is 5.45. The molecule has 0 spiro atoms. The van der Waals surface area contributed by atoms with E-state index in [2.05, 4.69) is 18.8 Å². The van der Waals surface area contributed by atoms with Crippen LogP contribution in [0.15, 0.2) is 30.5 Å². The molecule has 2 atom stereocenters. The molecule has 0 N–H and O–H groups in total. The summed E-state index contributed by atoms with van der Waals surface area (Å²) < 4.78 is 42.3. The van der Waals surface area contributed by atoms with Crippen molar-refractivity contribution in [3.05, 3.63) is 36.0 Å². The molecule has 1 heterocycles. The van der Waals surface area contributed by atoms with Gasteiger partial charge < -0.3 is 4.74 Å². The number of pyridine rings is 1. The van der Waals surface area contributed by atoms with Crippen LogP contribution in [0.4, 0.5) is 13.2 Å². The molecule has 1 fully saturated rings. The van der Waals surface area contributed by atoms with E-state index in [9.17, 15) is 13.2 Å². The highest BCUT2D eigenvalue weighted by Gasteiger charge is 2.40.